The van der Waals surface area contributed by atoms with Gasteiger partial charge < -0.3 is 10.8 Å². The van der Waals surface area contributed by atoms with E-state index in [0.717, 1.165) is 0 Å². The highest BCUT2D eigenvalue weighted by molar-refractivity contribution is 5.35. The molecule has 14 heavy (non-hydrogen) atoms. The van der Waals surface area contributed by atoms with Gasteiger partial charge in [0.1, 0.15) is 0 Å². The number of rotatable bonds is 4. The van der Waals surface area contributed by atoms with Gasteiger partial charge in [0, 0.05) is 12.1 Å². The number of hydrogen-bond donors (Lipinski definition) is 2. The molecule has 0 saturated heterocycles. The number of hydrogen-bond acceptors (Lipinski definition) is 4. The Morgan fingerprint density at radius 2 is 2.29 bits per heavy atom. The number of nitro groups is 1. The third kappa shape index (κ3) is 2.51. The summed E-state index contributed by atoms with van der Waals surface area (Å²) in [6.45, 7) is 0.351. The number of aliphatic hydroxyl groups excluding tert-OH is 1. The molecule has 3 N–H and O–H groups in total. The lowest BCUT2D eigenvalue weighted by Gasteiger charge is -2.08. The van der Waals surface area contributed by atoms with Crippen LogP contribution >= 0.6 is 0 Å². The van der Waals surface area contributed by atoms with Crippen LogP contribution in [0.2, 0.25) is 0 Å². The predicted molar refractivity (Wildman–Crippen MR) is 51.7 cm³/mol. The summed E-state index contributed by atoms with van der Waals surface area (Å²) in [5.41, 5.74) is 5.79. The zero-order valence-electron chi connectivity index (χ0n) is 7.59. The average molecular weight is 196 g/mol. The molecule has 0 bridgehead atoms. The van der Waals surface area contributed by atoms with Gasteiger partial charge in [-0.1, -0.05) is 12.1 Å². The molecule has 1 rings (SSSR count). The minimum Gasteiger partial charge on any atom is -0.388 e. The van der Waals surface area contributed by atoms with E-state index in [2.05, 4.69) is 0 Å². The molecule has 76 valence electrons. The van der Waals surface area contributed by atoms with Crippen LogP contribution in [0.1, 0.15) is 18.1 Å². The molecule has 0 aromatic heterocycles. The predicted octanol–water partition coefficient (Wildman–Crippen LogP) is 0.977. The van der Waals surface area contributed by atoms with Gasteiger partial charge in [-0.3, -0.25) is 10.1 Å². The zero-order valence-corrected chi connectivity index (χ0v) is 7.59. The summed E-state index contributed by atoms with van der Waals surface area (Å²) < 4.78 is 0. The molecule has 0 aliphatic rings. The van der Waals surface area contributed by atoms with E-state index in [1.165, 1.54) is 12.1 Å². The summed E-state index contributed by atoms with van der Waals surface area (Å²) in [4.78, 5) is 9.95. The Labute approximate surface area is 81.3 Å². The van der Waals surface area contributed by atoms with E-state index in [-0.39, 0.29) is 5.69 Å². The van der Waals surface area contributed by atoms with Crippen molar-refractivity contribution in [3.8, 4) is 0 Å². The summed E-state index contributed by atoms with van der Waals surface area (Å²) in [7, 11) is 0. The zero-order chi connectivity index (χ0) is 10.6. The maximum Gasteiger partial charge on any atom is 0.269 e. The Bertz CT molecular complexity index is 328. The average Bonchev–Trinajstić information content (AvgIpc) is 2.18. The summed E-state index contributed by atoms with van der Waals surface area (Å²) in [6, 6.07) is 5.94. The summed E-state index contributed by atoms with van der Waals surface area (Å²) >= 11 is 0. The van der Waals surface area contributed by atoms with E-state index in [1.54, 1.807) is 12.1 Å². The standard InChI is InChI=1S/C9H12N2O3/c10-5-4-9(12)7-2-1-3-8(6-7)11(13)14/h1-3,6,9,12H,4-5,10H2. The van der Waals surface area contributed by atoms with Crippen LogP contribution in [0, 0.1) is 10.1 Å². The summed E-state index contributed by atoms with van der Waals surface area (Å²) in [5.74, 6) is 0. The highest BCUT2D eigenvalue weighted by Crippen LogP contribution is 2.20. The van der Waals surface area contributed by atoms with Crippen LogP contribution < -0.4 is 5.73 Å². The first kappa shape index (κ1) is 10.6. The third-order valence-electron chi connectivity index (χ3n) is 1.91. The smallest absolute Gasteiger partial charge is 0.269 e. The van der Waals surface area contributed by atoms with Gasteiger partial charge in [0.25, 0.3) is 5.69 Å². The van der Waals surface area contributed by atoms with Crippen molar-refractivity contribution in [3.05, 3.63) is 39.9 Å². The molecule has 0 aliphatic carbocycles. The van der Waals surface area contributed by atoms with Crippen molar-refractivity contribution in [2.45, 2.75) is 12.5 Å². The Morgan fingerprint density at radius 3 is 2.86 bits per heavy atom. The number of nitro benzene ring substituents is 1. The molecule has 0 amide bonds. The van der Waals surface area contributed by atoms with Crippen molar-refractivity contribution in [2.24, 2.45) is 5.73 Å². The normalized spacial score (nSPS) is 12.4. The number of non-ortho nitro benzene ring substituents is 1. The van der Waals surface area contributed by atoms with Crippen molar-refractivity contribution in [1.82, 2.24) is 0 Å². The second-order valence-electron chi connectivity index (χ2n) is 2.95. The second-order valence-corrected chi connectivity index (χ2v) is 2.95. The van der Waals surface area contributed by atoms with Crippen LogP contribution in [0.3, 0.4) is 0 Å². The van der Waals surface area contributed by atoms with Crippen LogP contribution in [0.4, 0.5) is 5.69 Å². The van der Waals surface area contributed by atoms with E-state index < -0.39 is 11.0 Å². The maximum absolute atomic E-state index is 10.4. The van der Waals surface area contributed by atoms with Crippen LogP contribution in [-0.2, 0) is 0 Å². The number of aliphatic hydroxyl groups is 1. The molecule has 0 heterocycles. The van der Waals surface area contributed by atoms with Crippen LogP contribution in [0.5, 0.6) is 0 Å². The highest BCUT2D eigenvalue weighted by atomic mass is 16.6. The van der Waals surface area contributed by atoms with Crippen molar-refractivity contribution in [1.29, 1.82) is 0 Å². The maximum atomic E-state index is 10.4. The molecule has 5 heteroatoms. The molecule has 1 atom stereocenters. The van der Waals surface area contributed by atoms with Gasteiger partial charge >= 0.3 is 0 Å². The fraction of sp³-hybridized carbons (Fsp3) is 0.333. The fourth-order valence-corrected chi connectivity index (χ4v) is 1.17. The molecule has 5 nitrogen and oxygen atoms in total. The number of nitrogens with two attached hydrogens (primary N) is 1. The van der Waals surface area contributed by atoms with Gasteiger partial charge in [0.05, 0.1) is 11.0 Å². The van der Waals surface area contributed by atoms with Gasteiger partial charge in [-0.25, -0.2) is 0 Å². The second kappa shape index (κ2) is 4.69. The van der Waals surface area contributed by atoms with Crippen LogP contribution in [0.15, 0.2) is 24.3 Å². The lowest BCUT2D eigenvalue weighted by molar-refractivity contribution is -0.385. The van der Waals surface area contributed by atoms with Crippen molar-refractivity contribution in [2.75, 3.05) is 6.54 Å². The first-order valence-electron chi connectivity index (χ1n) is 4.27. The van der Waals surface area contributed by atoms with Gasteiger partial charge in [-0.05, 0) is 18.5 Å². The molecule has 0 fully saturated rings. The van der Waals surface area contributed by atoms with Crippen molar-refractivity contribution < 1.29 is 10.0 Å². The molecular formula is C9H12N2O3. The molecule has 1 unspecified atom stereocenters. The van der Waals surface area contributed by atoms with Gasteiger partial charge in [-0.2, -0.15) is 0 Å². The van der Waals surface area contributed by atoms with E-state index >= 15 is 0 Å². The van der Waals surface area contributed by atoms with Crippen LogP contribution in [0.25, 0.3) is 0 Å². The Morgan fingerprint density at radius 1 is 1.57 bits per heavy atom. The Kier molecular flexibility index (Phi) is 3.55. The van der Waals surface area contributed by atoms with Crippen molar-refractivity contribution in [3.63, 3.8) is 0 Å². The van der Waals surface area contributed by atoms with E-state index in [4.69, 9.17) is 5.73 Å². The number of nitrogens with zero attached hydrogens (tertiary/aromatic N) is 1. The molecular weight excluding hydrogens is 184 g/mol. The molecule has 0 aliphatic heterocycles. The topological polar surface area (TPSA) is 89.4 Å². The number of benzene rings is 1. The van der Waals surface area contributed by atoms with Gasteiger partial charge in [0.2, 0.25) is 0 Å². The molecule has 0 spiro atoms. The SMILES string of the molecule is NCCC(O)c1cccc([N+](=O)[O-])c1. The van der Waals surface area contributed by atoms with E-state index in [0.29, 0.717) is 18.5 Å². The third-order valence-corrected chi connectivity index (χ3v) is 1.91. The quantitative estimate of drug-likeness (QED) is 0.554. The first-order valence-corrected chi connectivity index (χ1v) is 4.27. The Hall–Kier alpha value is -1.46. The largest absolute Gasteiger partial charge is 0.388 e. The minimum atomic E-state index is -0.722. The molecule has 1 aromatic rings. The molecule has 0 saturated carbocycles. The van der Waals surface area contributed by atoms with Gasteiger partial charge in [0.15, 0.2) is 0 Å². The summed E-state index contributed by atoms with van der Waals surface area (Å²) in [5, 5.41) is 20.0. The van der Waals surface area contributed by atoms with Crippen LogP contribution in [-0.4, -0.2) is 16.6 Å². The molecule has 1 aromatic carbocycles. The lowest BCUT2D eigenvalue weighted by atomic mass is 10.1. The highest BCUT2D eigenvalue weighted by Gasteiger charge is 2.11. The van der Waals surface area contributed by atoms with E-state index in [9.17, 15) is 15.2 Å². The van der Waals surface area contributed by atoms with Gasteiger partial charge in [-0.15, -0.1) is 0 Å². The minimum absolute atomic E-state index is 0.0152. The summed E-state index contributed by atoms with van der Waals surface area (Å²) in [6.07, 6.45) is -0.318. The molecule has 0 radical (unpaired) electrons. The van der Waals surface area contributed by atoms with E-state index in [1.807, 2.05) is 0 Å². The fourth-order valence-electron chi connectivity index (χ4n) is 1.17. The first-order chi connectivity index (χ1) is 6.65. The van der Waals surface area contributed by atoms with Crippen molar-refractivity contribution >= 4 is 5.69 Å². The monoisotopic (exact) mass is 196 g/mol. The Balaban J connectivity index is 2.87. The lowest BCUT2D eigenvalue weighted by Crippen LogP contribution is -2.06.